The Hall–Kier alpha value is -2.97. The Morgan fingerprint density at radius 3 is 2.57 bits per heavy atom. The zero-order valence-corrected chi connectivity index (χ0v) is 18.0. The van der Waals surface area contributed by atoms with Crippen molar-refractivity contribution in [2.24, 2.45) is 0 Å². The molecule has 0 bridgehead atoms. The van der Waals surface area contributed by atoms with E-state index in [0.29, 0.717) is 27.7 Å². The minimum absolute atomic E-state index is 0.0320. The van der Waals surface area contributed by atoms with Crippen LogP contribution in [0.2, 0.25) is 10.0 Å². The van der Waals surface area contributed by atoms with Crippen molar-refractivity contribution in [1.29, 1.82) is 0 Å². The van der Waals surface area contributed by atoms with Crippen LogP contribution in [0.15, 0.2) is 30.3 Å². The zero-order valence-electron chi connectivity index (χ0n) is 16.5. The number of H-pyrrole nitrogens is 1. The first-order valence-electron chi connectivity index (χ1n) is 8.97. The second kappa shape index (κ2) is 8.41. The third-order valence-corrected chi connectivity index (χ3v) is 4.56. The van der Waals surface area contributed by atoms with Gasteiger partial charge in [-0.1, -0.05) is 29.3 Å². The van der Waals surface area contributed by atoms with Gasteiger partial charge in [0.25, 0.3) is 0 Å². The summed E-state index contributed by atoms with van der Waals surface area (Å²) in [5, 5.41) is 15.5. The number of aromatic amines is 1. The molecule has 1 heterocycles. The number of carbonyl (C=O) groups excluding carboxylic acids is 1. The molecule has 8 nitrogen and oxygen atoms in total. The fourth-order valence-corrected chi connectivity index (χ4v) is 3.06. The number of amides is 1. The number of hydrogen-bond acceptors (Lipinski definition) is 5. The number of nitrogens with zero attached hydrogens (tertiary/aromatic N) is 1. The minimum atomic E-state index is -1.13. The van der Waals surface area contributed by atoms with E-state index in [-0.39, 0.29) is 17.1 Å². The number of alkyl carbamates (subject to hydrolysis) is 1. The molecule has 1 aromatic heterocycles. The van der Waals surface area contributed by atoms with Gasteiger partial charge in [0.2, 0.25) is 5.95 Å². The van der Waals surface area contributed by atoms with Gasteiger partial charge in [-0.2, -0.15) is 0 Å². The summed E-state index contributed by atoms with van der Waals surface area (Å²) in [5.74, 6) is -0.768. The molecule has 10 heteroatoms. The Bertz CT molecular complexity index is 1120. The predicted molar refractivity (Wildman–Crippen MR) is 116 cm³/mol. The van der Waals surface area contributed by atoms with Crippen LogP contribution in [0.5, 0.6) is 0 Å². The van der Waals surface area contributed by atoms with E-state index in [1.54, 1.807) is 39.0 Å². The Morgan fingerprint density at radius 2 is 1.90 bits per heavy atom. The highest BCUT2D eigenvalue weighted by Gasteiger charge is 2.16. The van der Waals surface area contributed by atoms with Gasteiger partial charge < -0.3 is 25.5 Å². The van der Waals surface area contributed by atoms with Crippen LogP contribution in [-0.4, -0.2) is 32.7 Å². The number of rotatable bonds is 5. The summed E-state index contributed by atoms with van der Waals surface area (Å²) < 4.78 is 5.22. The number of nitrogens with one attached hydrogen (secondary N) is 3. The summed E-state index contributed by atoms with van der Waals surface area (Å²) in [6.07, 6.45) is -0.518. The number of carboxylic acid groups (broad SMARTS) is 1. The Balaban J connectivity index is 1.77. The Morgan fingerprint density at radius 1 is 1.17 bits per heavy atom. The molecule has 158 valence electrons. The van der Waals surface area contributed by atoms with E-state index in [1.807, 2.05) is 0 Å². The number of aromatic nitrogens is 2. The van der Waals surface area contributed by atoms with Crippen molar-refractivity contribution in [3.63, 3.8) is 0 Å². The summed E-state index contributed by atoms with van der Waals surface area (Å²) >= 11 is 12.3. The summed E-state index contributed by atoms with van der Waals surface area (Å²) in [5.41, 5.74) is 1.76. The van der Waals surface area contributed by atoms with Gasteiger partial charge in [0, 0.05) is 6.54 Å². The number of aromatic carboxylic acids is 1. The fourth-order valence-electron chi connectivity index (χ4n) is 2.65. The topological polar surface area (TPSA) is 116 Å². The number of anilines is 2. The maximum absolute atomic E-state index is 11.8. The van der Waals surface area contributed by atoms with Crippen molar-refractivity contribution < 1.29 is 19.4 Å². The molecule has 0 unspecified atom stereocenters. The van der Waals surface area contributed by atoms with Crippen LogP contribution in [0.3, 0.4) is 0 Å². The van der Waals surface area contributed by atoms with Crippen molar-refractivity contribution in [2.45, 2.75) is 32.9 Å². The second-order valence-electron chi connectivity index (χ2n) is 7.53. The molecule has 0 radical (unpaired) electrons. The van der Waals surface area contributed by atoms with Crippen molar-refractivity contribution >= 4 is 57.9 Å². The maximum Gasteiger partial charge on any atom is 0.407 e. The quantitative estimate of drug-likeness (QED) is 0.416. The molecule has 1 amide bonds. The van der Waals surface area contributed by atoms with Crippen molar-refractivity contribution in [3.05, 3.63) is 51.5 Å². The Kier molecular flexibility index (Phi) is 6.09. The number of carboxylic acids is 1. The lowest BCUT2D eigenvalue weighted by Gasteiger charge is -2.19. The van der Waals surface area contributed by atoms with Gasteiger partial charge in [0.15, 0.2) is 0 Å². The second-order valence-corrected chi connectivity index (χ2v) is 8.35. The third kappa shape index (κ3) is 5.34. The van der Waals surface area contributed by atoms with Crippen LogP contribution < -0.4 is 10.6 Å². The number of carbonyl (C=O) groups is 2. The van der Waals surface area contributed by atoms with Crippen LogP contribution in [-0.2, 0) is 11.3 Å². The highest BCUT2D eigenvalue weighted by atomic mass is 35.5. The molecule has 0 spiro atoms. The Labute approximate surface area is 182 Å². The average molecular weight is 451 g/mol. The highest BCUT2D eigenvalue weighted by molar-refractivity contribution is 6.34. The molecular formula is C20H20Cl2N4O4. The molecule has 3 aromatic rings. The van der Waals surface area contributed by atoms with Crippen molar-refractivity contribution in [2.75, 3.05) is 5.32 Å². The third-order valence-electron chi connectivity index (χ3n) is 3.92. The molecule has 0 saturated carbocycles. The first kappa shape index (κ1) is 21.7. The predicted octanol–water partition coefficient (Wildman–Crippen LogP) is 5.34. The normalized spacial score (nSPS) is 11.4. The van der Waals surface area contributed by atoms with Gasteiger partial charge >= 0.3 is 12.1 Å². The molecule has 2 aromatic carbocycles. The van der Waals surface area contributed by atoms with Gasteiger partial charge in [-0.15, -0.1) is 0 Å². The summed E-state index contributed by atoms with van der Waals surface area (Å²) in [7, 11) is 0. The van der Waals surface area contributed by atoms with Crippen LogP contribution >= 0.6 is 23.2 Å². The van der Waals surface area contributed by atoms with E-state index in [2.05, 4.69) is 20.6 Å². The summed E-state index contributed by atoms with van der Waals surface area (Å²) in [6.45, 7) is 5.61. The lowest BCUT2D eigenvalue weighted by atomic mass is 10.2. The molecule has 3 rings (SSSR count). The maximum atomic E-state index is 11.8. The lowest BCUT2D eigenvalue weighted by molar-refractivity contribution is 0.0523. The molecule has 0 aliphatic heterocycles. The van der Waals surface area contributed by atoms with E-state index in [4.69, 9.17) is 27.9 Å². The van der Waals surface area contributed by atoms with Crippen molar-refractivity contribution in [1.82, 2.24) is 15.3 Å². The lowest BCUT2D eigenvalue weighted by Crippen LogP contribution is -2.32. The smallest absolute Gasteiger partial charge is 0.407 e. The molecule has 0 aliphatic rings. The van der Waals surface area contributed by atoms with E-state index in [0.717, 1.165) is 5.56 Å². The number of halogens is 2. The minimum Gasteiger partial charge on any atom is -0.478 e. The molecule has 0 fully saturated rings. The molecule has 0 aliphatic carbocycles. The van der Waals surface area contributed by atoms with Gasteiger partial charge in [-0.3, -0.25) is 0 Å². The first-order chi connectivity index (χ1) is 14.0. The van der Waals surface area contributed by atoms with E-state index in [9.17, 15) is 14.7 Å². The van der Waals surface area contributed by atoms with E-state index >= 15 is 0 Å². The molecule has 30 heavy (non-hydrogen) atoms. The molecule has 4 N–H and O–H groups in total. The number of imidazole rings is 1. The van der Waals surface area contributed by atoms with Crippen LogP contribution in [0.25, 0.3) is 11.0 Å². The van der Waals surface area contributed by atoms with Gasteiger partial charge in [-0.25, -0.2) is 14.6 Å². The van der Waals surface area contributed by atoms with Gasteiger partial charge in [0.1, 0.15) is 5.60 Å². The molecule has 0 atom stereocenters. The van der Waals surface area contributed by atoms with Crippen LogP contribution in [0.4, 0.5) is 16.4 Å². The first-order valence-corrected chi connectivity index (χ1v) is 9.72. The van der Waals surface area contributed by atoms with E-state index in [1.165, 1.54) is 12.1 Å². The van der Waals surface area contributed by atoms with E-state index < -0.39 is 17.7 Å². The largest absolute Gasteiger partial charge is 0.478 e. The zero-order chi connectivity index (χ0) is 22.1. The summed E-state index contributed by atoms with van der Waals surface area (Å²) in [4.78, 5) is 30.4. The van der Waals surface area contributed by atoms with Crippen molar-refractivity contribution in [3.8, 4) is 0 Å². The average Bonchev–Trinajstić information content (AvgIpc) is 3.01. The standard InChI is InChI=1S/C20H20Cl2N4O4/c1-20(2,3)30-19(29)23-9-10-4-5-12(21)14(6-10)24-18-25-15-7-11(17(27)28)13(22)8-16(15)26-18/h4-8H,9H2,1-3H3,(H,23,29)(H,27,28)(H2,24,25,26). The number of ether oxygens (including phenoxy) is 1. The summed E-state index contributed by atoms with van der Waals surface area (Å²) in [6, 6.07) is 8.13. The molecular weight excluding hydrogens is 431 g/mol. The molecule has 0 saturated heterocycles. The monoisotopic (exact) mass is 450 g/mol. The number of hydrogen-bond donors (Lipinski definition) is 4. The van der Waals surface area contributed by atoms with Gasteiger partial charge in [-0.05, 0) is 50.6 Å². The highest BCUT2D eigenvalue weighted by Crippen LogP contribution is 2.28. The van der Waals surface area contributed by atoms with Crippen LogP contribution in [0.1, 0.15) is 36.7 Å². The van der Waals surface area contributed by atoms with Gasteiger partial charge in [0.05, 0.1) is 32.3 Å². The van der Waals surface area contributed by atoms with Crippen LogP contribution in [0, 0.1) is 0 Å². The fraction of sp³-hybridized carbons (Fsp3) is 0.250. The number of benzene rings is 2. The number of fused-ring (bicyclic) bond motifs is 1. The SMILES string of the molecule is CC(C)(C)OC(=O)NCc1ccc(Cl)c(Nc2nc3cc(C(=O)O)c(Cl)cc3[nH]2)c1.